The Labute approximate surface area is 242 Å². The predicted octanol–water partition coefficient (Wildman–Crippen LogP) is 5.74. The number of piperidine rings is 1. The van der Waals surface area contributed by atoms with Crippen molar-refractivity contribution >= 4 is 34.9 Å². The summed E-state index contributed by atoms with van der Waals surface area (Å²) in [5.74, 6) is -0.860. The van der Waals surface area contributed by atoms with Crippen LogP contribution in [0.3, 0.4) is 0 Å². The number of anilines is 2. The summed E-state index contributed by atoms with van der Waals surface area (Å²) in [7, 11) is 0. The molecule has 41 heavy (non-hydrogen) atoms. The van der Waals surface area contributed by atoms with Gasteiger partial charge in [0.15, 0.2) is 0 Å². The van der Waals surface area contributed by atoms with Gasteiger partial charge in [-0.25, -0.2) is 13.6 Å². The van der Waals surface area contributed by atoms with Crippen molar-refractivity contribution < 1.29 is 23.5 Å². The molecule has 3 aromatic rings. The number of alkyl halides is 2. The molecule has 11 heteroatoms. The summed E-state index contributed by atoms with van der Waals surface area (Å²) in [6, 6.07) is 13.6. The van der Waals surface area contributed by atoms with Gasteiger partial charge in [0.05, 0.1) is 12.2 Å². The summed E-state index contributed by atoms with van der Waals surface area (Å²) >= 11 is 6.42. The number of carbonyl (C=O) groups is 2. The lowest BCUT2D eigenvalue weighted by Crippen LogP contribution is -2.49. The third-order valence-corrected chi connectivity index (χ3v) is 8.61. The van der Waals surface area contributed by atoms with Gasteiger partial charge in [0.1, 0.15) is 11.3 Å². The Morgan fingerprint density at radius 1 is 0.951 bits per heavy atom. The fourth-order valence-electron chi connectivity index (χ4n) is 6.05. The van der Waals surface area contributed by atoms with Crippen LogP contribution in [0.4, 0.5) is 20.2 Å². The number of carbonyl (C=O) groups excluding carboxylic acids is 1. The van der Waals surface area contributed by atoms with Crippen LogP contribution >= 0.6 is 11.6 Å². The first kappa shape index (κ1) is 27.5. The Morgan fingerprint density at radius 3 is 2.34 bits per heavy atom. The van der Waals surface area contributed by atoms with Gasteiger partial charge in [0.2, 0.25) is 5.91 Å². The van der Waals surface area contributed by atoms with Crippen LogP contribution in [0.1, 0.15) is 54.2 Å². The number of piperazine rings is 1. The van der Waals surface area contributed by atoms with Crippen LogP contribution in [-0.4, -0.2) is 70.9 Å². The SMILES string of the molecule is O=C(O)c1cnn(C2CCCN(c3cc(Cl)ccc3-c3ccc(N4CCN(C(=O)C5CC5)CC4)cc3)C2)c1C(F)F. The van der Waals surface area contributed by atoms with Crippen LogP contribution in [0.25, 0.3) is 11.1 Å². The van der Waals surface area contributed by atoms with Gasteiger partial charge in [-0.05, 0) is 55.5 Å². The minimum absolute atomic E-state index is 0.248. The van der Waals surface area contributed by atoms with Crippen LogP contribution in [0.15, 0.2) is 48.7 Å². The number of hydrogen-bond donors (Lipinski definition) is 1. The fourth-order valence-corrected chi connectivity index (χ4v) is 6.22. The lowest BCUT2D eigenvalue weighted by atomic mass is 9.99. The van der Waals surface area contributed by atoms with Gasteiger partial charge in [-0.1, -0.05) is 29.8 Å². The lowest BCUT2D eigenvalue weighted by molar-refractivity contribution is -0.132. The second kappa shape index (κ2) is 11.3. The Bertz CT molecular complexity index is 1430. The number of halogens is 3. The lowest BCUT2D eigenvalue weighted by Gasteiger charge is -2.37. The summed E-state index contributed by atoms with van der Waals surface area (Å²) in [6.45, 7) is 4.20. The molecule has 1 N–H and O–H groups in total. The molecule has 1 aliphatic carbocycles. The molecule has 2 aliphatic heterocycles. The van der Waals surface area contributed by atoms with Crippen molar-refractivity contribution in [2.75, 3.05) is 49.1 Å². The van der Waals surface area contributed by atoms with E-state index in [1.165, 1.54) is 4.68 Å². The van der Waals surface area contributed by atoms with E-state index in [1.54, 1.807) is 0 Å². The molecule has 3 fully saturated rings. The van der Waals surface area contributed by atoms with Crippen molar-refractivity contribution in [2.24, 2.45) is 5.92 Å². The number of carboxylic acid groups (broad SMARTS) is 1. The van der Waals surface area contributed by atoms with Crippen molar-refractivity contribution in [3.63, 3.8) is 0 Å². The molecule has 1 atom stereocenters. The van der Waals surface area contributed by atoms with Gasteiger partial charge in [-0.15, -0.1) is 0 Å². The quantitative estimate of drug-likeness (QED) is 0.382. The number of aromatic nitrogens is 2. The first-order valence-corrected chi connectivity index (χ1v) is 14.5. The fraction of sp³-hybridized carbons (Fsp3) is 0.433. The van der Waals surface area contributed by atoms with Gasteiger partial charge in [-0.2, -0.15) is 5.10 Å². The Hall–Kier alpha value is -3.66. The maximum atomic E-state index is 13.9. The van der Waals surface area contributed by atoms with Crippen LogP contribution in [0, 0.1) is 5.92 Å². The number of benzene rings is 2. The molecule has 1 unspecified atom stereocenters. The summed E-state index contributed by atoms with van der Waals surface area (Å²) in [5, 5.41) is 14.0. The summed E-state index contributed by atoms with van der Waals surface area (Å²) in [4.78, 5) is 30.3. The van der Waals surface area contributed by atoms with E-state index >= 15 is 0 Å². The molecular formula is C30H32ClF2N5O3. The topological polar surface area (TPSA) is 81.9 Å². The monoisotopic (exact) mass is 583 g/mol. The second-order valence-electron chi connectivity index (χ2n) is 11.0. The van der Waals surface area contributed by atoms with E-state index in [1.807, 2.05) is 23.1 Å². The Balaban J connectivity index is 1.20. The third-order valence-electron chi connectivity index (χ3n) is 8.38. The number of aromatic carboxylic acids is 1. The van der Waals surface area contributed by atoms with Gasteiger partial charge >= 0.3 is 5.97 Å². The van der Waals surface area contributed by atoms with Gasteiger partial charge < -0.3 is 19.8 Å². The number of carboxylic acids is 1. The average Bonchev–Trinajstić information content (AvgIpc) is 3.74. The van der Waals surface area contributed by atoms with E-state index in [0.29, 0.717) is 30.4 Å². The summed E-state index contributed by atoms with van der Waals surface area (Å²) in [5.41, 5.74) is 2.97. The molecule has 0 radical (unpaired) electrons. The molecule has 6 rings (SSSR count). The largest absolute Gasteiger partial charge is 0.478 e. The standard InChI is InChI=1S/C30H32ClF2N5O3/c31-21-7-10-24(19-5-8-22(9-6-19)35-12-14-36(15-13-35)29(39)20-3-4-20)26(16-21)37-11-1-2-23(18-37)38-27(28(32)33)25(17-34-38)30(40)41/h5-10,16-17,20,23,28H,1-4,11-15,18H2,(H,40,41). The number of hydrogen-bond acceptors (Lipinski definition) is 5. The average molecular weight is 584 g/mol. The first-order valence-electron chi connectivity index (χ1n) is 14.1. The molecule has 1 amide bonds. The third kappa shape index (κ3) is 5.62. The van der Waals surface area contributed by atoms with Crippen LogP contribution in [0.5, 0.6) is 0 Å². The van der Waals surface area contributed by atoms with E-state index in [0.717, 1.165) is 74.1 Å². The van der Waals surface area contributed by atoms with E-state index in [4.69, 9.17) is 11.6 Å². The molecule has 8 nitrogen and oxygen atoms in total. The van der Waals surface area contributed by atoms with Crippen molar-refractivity contribution in [1.82, 2.24) is 14.7 Å². The highest BCUT2D eigenvalue weighted by atomic mass is 35.5. The van der Waals surface area contributed by atoms with Gasteiger partial charge in [0.25, 0.3) is 6.43 Å². The number of rotatable bonds is 7. The van der Waals surface area contributed by atoms with Crippen LogP contribution in [-0.2, 0) is 4.79 Å². The number of amides is 1. The molecule has 1 saturated carbocycles. The van der Waals surface area contributed by atoms with Gasteiger partial charge in [-0.3, -0.25) is 9.48 Å². The van der Waals surface area contributed by atoms with E-state index < -0.39 is 29.7 Å². The normalized spacial score (nSPS) is 19.6. The Kier molecular flexibility index (Phi) is 7.59. The van der Waals surface area contributed by atoms with Crippen molar-refractivity contribution in [1.29, 1.82) is 0 Å². The highest BCUT2D eigenvalue weighted by Crippen LogP contribution is 2.38. The van der Waals surface area contributed by atoms with Crippen LogP contribution in [0.2, 0.25) is 5.02 Å². The molecule has 2 saturated heterocycles. The predicted molar refractivity (Wildman–Crippen MR) is 153 cm³/mol. The minimum Gasteiger partial charge on any atom is -0.478 e. The van der Waals surface area contributed by atoms with Crippen molar-refractivity contribution in [2.45, 2.75) is 38.2 Å². The molecule has 0 bridgehead atoms. The van der Waals surface area contributed by atoms with Crippen molar-refractivity contribution in [3.8, 4) is 11.1 Å². The van der Waals surface area contributed by atoms with Crippen LogP contribution < -0.4 is 9.80 Å². The minimum atomic E-state index is -2.94. The maximum absolute atomic E-state index is 13.9. The zero-order valence-electron chi connectivity index (χ0n) is 22.6. The number of nitrogens with zero attached hydrogens (tertiary/aromatic N) is 5. The molecule has 0 spiro atoms. The maximum Gasteiger partial charge on any atom is 0.339 e. The summed E-state index contributed by atoms with van der Waals surface area (Å²) in [6.07, 6.45) is 1.46. The smallest absolute Gasteiger partial charge is 0.339 e. The molecule has 1 aromatic heterocycles. The van der Waals surface area contributed by atoms with Gasteiger partial charge in [0, 0.05) is 67.1 Å². The zero-order valence-corrected chi connectivity index (χ0v) is 23.3. The Morgan fingerprint density at radius 2 is 1.68 bits per heavy atom. The van der Waals surface area contributed by atoms with Crippen molar-refractivity contribution in [3.05, 3.63) is 64.9 Å². The molecule has 3 heterocycles. The zero-order chi connectivity index (χ0) is 28.7. The van der Waals surface area contributed by atoms with E-state index in [9.17, 15) is 23.5 Å². The molecule has 2 aromatic carbocycles. The highest BCUT2D eigenvalue weighted by Gasteiger charge is 2.35. The van der Waals surface area contributed by atoms with E-state index in [-0.39, 0.29) is 5.92 Å². The molecule has 216 valence electrons. The molecule has 3 aliphatic rings. The highest BCUT2D eigenvalue weighted by molar-refractivity contribution is 6.31. The van der Waals surface area contributed by atoms with E-state index in [2.05, 4.69) is 39.2 Å². The molecular weight excluding hydrogens is 552 g/mol. The second-order valence-corrected chi connectivity index (χ2v) is 11.5. The summed E-state index contributed by atoms with van der Waals surface area (Å²) < 4.78 is 28.9. The first-order chi connectivity index (χ1) is 19.8.